The molecule has 200 valence electrons. The van der Waals surface area contributed by atoms with E-state index in [1.807, 2.05) is 30.1 Å². The monoisotopic (exact) mass is 534 g/mol. The summed E-state index contributed by atoms with van der Waals surface area (Å²) in [6.45, 7) is 11.0. The Bertz CT molecular complexity index is 1220. The lowest BCUT2D eigenvalue weighted by atomic mass is 9.77. The van der Waals surface area contributed by atoms with Crippen LogP contribution >= 0.6 is 11.6 Å². The number of nitrogens with zero attached hydrogens (tertiary/aromatic N) is 4. The van der Waals surface area contributed by atoms with E-state index in [1.54, 1.807) is 24.2 Å². The number of fused-ring (bicyclic) bond motifs is 1. The molecule has 0 saturated carbocycles. The highest BCUT2D eigenvalue weighted by molar-refractivity contribution is 6.43. The summed E-state index contributed by atoms with van der Waals surface area (Å²) in [6.07, 6.45) is 21.5. The normalized spacial score (nSPS) is 27.2. The number of hydrogen-bond acceptors (Lipinski definition) is 6. The first-order valence-electron chi connectivity index (χ1n) is 13.2. The molecule has 4 aliphatic rings. The van der Waals surface area contributed by atoms with E-state index >= 15 is 0 Å². The number of ether oxygens (including phenoxy) is 1. The molecule has 2 aliphatic heterocycles. The van der Waals surface area contributed by atoms with E-state index in [2.05, 4.69) is 47.9 Å². The second-order valence-electron chi connectivity index (χ2n) is 9.68. The molecule has 1 fully saturated rings. The van der Waals surface area contributed by atoms with E-state index in [0.29, 0.717) is 54.4 Å². The van der Waals surface area contributed by atoms with Gasteiger partial charge in [-0.2, -0.15) is 5.10 Å². The Balaban J connectivity index is 1.43. The number of esters is 1. The van der Waals surface area contributed by atoms with Crippen molar-refractivity contribution < 1.29 is 14.3 Å². The molecule has 0 aromatic carbocycles. The maximum Gasteiger partial charge on any atom is 0.330 e. The molecular formula is C30H35ClN4O3. The summed E-state index contributed by atoms with van der Waals surface area (Å²) in [5, 5.41) is 6.79. The summed E-state index contributed by atoms with van der Waals surface area (Å²) in [6, 6.07) is 0.0936. The minimum Gasteiger partial charge on any atom is -0.463 e. The van der Waals surface area contributed by atoms with Gasteiger partial charge in [-0.15, -0.1) is 0 Å². The third-order valence-corrected chi connectivity index (χ3v) is 7.63. The zero-order valence-corrected chi connectivity index (χ0v) is 23.0. The Labute approximate surface area is 229 Å². The van der Waals surface area contributed by atoms with Crippen molar-refractivity contribution in [2.24, 2.45) is 27.8 Å². The smallest absolute Gasteiger partial charge is 0.330 e. The van der Waals surface area contributed by atoms with E-state index in [0.717, 1.165) is 17.7 Å². The van der Waals surface area contributed by atoms with Crippen LogP contribution in [0.25, 0.3) is 0 Å². The molecular weight excluding hydrogens is 500 g/mol. The fourth-order valence-electron chi connectivity index (χ4n) is 5.19. The molecule has 7 nitrogen and oxygen atoms in total. The maximum atomic E-state index is 13.5. The molecule has 2 heterocycles. The summed E-state index contributed by atoms with van der Waals surface area (Å²) in [7, 11) is 0. The molecule has 0 bridgehead atoms. The SMILES string of the molecule is C=C1N=C(C(=O)N2CCC3C=CC=CC3C2C)C=C(CC)N1/N=C/C1=CCC(/C=C/C(=O)OCC)C=C1Cl. The quantitative estimate of drug-likeness (QED) is 0.240. The summed E-state index contributed by atoms with van der Waals surface area (Å²) >= 11 is 6.50. The maximum absolute atomic E-state index is 13.5. The molecule has 0 spiro atoms. The van der Waals surface area contributed by atoms with Gasteiger partial charge in [0.1, 0.15) is 11.5 Å². The number of amides is 1. The van der Waals surface area contributed by atoms with Crippen LogP contribution in [0, 0.1) is 17.8 Å². The molecule has 0 radical (unpaired) electrons. The third kappa shape index (κ3) is 6.16. The lowest BCUT2D eigenvalue weighted by Crippen LogP contribution is -2.52. The Morgan fingerprint density at radius 2 is 2.08 bits per heavy atom. The highest BCUT2D eigenvalue weighted by atomic mass is 35.5. The molecule has 0 aromatic rings. The predicted molar refractivity (Wildman–Crippen MR) is 152 cm³/mol. The van der Waals surface area contributed by atoms with Gasteiger partial charge in [-0.3, -0.25) is 4.79 Å². The summed E-state index contributed by atoms with van der Waals surface area (Å²) in [5.41, 5.74) is 2.00. The van der Waals surface area contributed by atoms with Crippen LogP contribution in [-0.4, -0.2) is 52.9 Å². The first-order valence-corrected chi connectivity index (χ1v) is 13.6. The molecule has 4 rings (SSSR count). The van der Waals surface area contributed by atoms with Gasteiger partial charge in [-0.1, -0.05) is 67.6 Å². The van der Waals surface area contributed by atoms with Crippen molar-refractivity contribution in [1.82, 2.24) is 9.91 Å². The van der Waals surface area contributed by atoms with Crippen LogP contribution in [0.15, 0.2) is 93.5 Å². The number of carbonyl (C=O) groups is 2. The number of carbonyl (C=O) groups excluding carboxylic acids is 2. The van der Waals surface area contributed by atoms with Crippen LogP contribution in [0.2, 0.25) is 0 Å². The van der Waals surface area contributed by atoms with Gasteiger partial charge < -0.3 is 9.64 Å². The van der Waals surface area contributed by atoms with E-state index in [4.69, 9.17) is 16.3 Å². The third-order valence-electron chi connectivity index (χ3n) is 7.29. The lowest BCUT2D eigenvalue weighted by Gasteiger charge is -2.43. The zero-order chi connectivity index (χ0) is 27.2. The van der Waals surface area contributed by atoms with Gasteiger partial charge >= 0.3 is 5.97 Å². The van der Waals surface area contributed by atoms with Gasteiger partial charge in [0.2, 0.25) is 0 Å². The number of rotatable bonds is 7. The van der Waals surface area contributed by atoms with Crippen molar-refractivity contribution in [1.29, 1.82) is 0 Å². The van der Waals surface area contributed by atoms with Gasteiger partial charge in [-0.05, 0) is 45.1 Å². The van der Waals surface area contributed by atoms with Crippen LogP contribution in [0.3, 0.4) is 0 Å². The van der Waals surface area contributed by atoms with Gasteiger partial charge in [0.15, 0.2) is 0 Å². The minimum absolute atomic E-state index is 0.00542. The average molecular weight is 535 g/mol. The molecule has 38 heavy (non-hydrogen) atoms. The van der Waals surface area contributed by atoms with Crippen LogP contribution in [-0.2, 0) is 14.3 Å². The first kappa shape index (κ1) is 27.6. The average Bonchev–Trinajstić information content (AvgIpc) is 2.91. The number of likely N-dealkylation sites (tertiary alicyclic amines) is 1. The largest absolute Gasteiger partial charge is 0.463 e. The van der Waals surface area contributed by atoms with E-state index in [-0.39, 0.29) is 23.8 Å². The van der Waals surface area contributed by atoms with E-state index in [1.165, 1.54) is 6.08 Å². The molecule has 1 amide bonds. The van der Waals surface area contributed by atoms with E-state index < -0.39 is 0 Å². The van der Waals surface area contributed by atoms with Crippen molar-refractivity contribution >= 4 is 35.4 Å². The Morgan fingerprint density at radius 1 is 1.29 bits per heavy atom. The minimum atomic E-state index is -0.365. The standard InChI is InChI=1S/C30H35ClN4O3/c1-5-25-18-28(30(37)34-16-15-23-9-7-8-10-26(23)20(34)3)33-21(4)35(25)32-19-24-13-11-22(17-27(24)31)12-14-29(36)38-6-2/h7-10,12-14,17-20,22-23,26H,4-6,11,15-16H2,1-3H3/b14-12+,32-19+. The molecule has 8 heteroatoms. The topological polar surface area (TPSA) is 74.6 Å². The van der Waals surface area contributed by atoms with Crippen molar-refractivity contribution in [3.63, 3.8) is 0 Å². The van der Waals surface area contributed by atoms with Crippen molar-refractivity contribution in [2.45, 2.75) is 46.1 Å². The fourth-order valence-corrected chi connectivity index (χ4v) is 5.48. The van der Waals surface area contributed by atoms with Gasteiger partial charge in [-0.25, -0.2) is 14.8 Å². The summed E-state index contributed by atoms with van der Waals surface area (Å²) in [4.78, 5) is 31.5. The lowest BCUT2D eigenvalue weighted by molar-refractivity contribution is -0.137. The van der Waals surface area contributed by atoms with Gasteiger partial charge in [0, 0.05) is 46.8 Å². The Kier molecular flexibility index (Phi) is 9.00. The summed E-state index contributed by atoms with van der Waals surface area (Å²) in [5.74, 6) is 0.758. The molecule has 1 saturated heterocycles. The Morgan fingerprint density at radius 3 is 2.82 bits per heavy atom. The number of allylic oxidation sites excluding steroid dienone is 9. The van der Waals surface area contributed by atoms with Crippen LogP contribution < -0.4 is 0 Å². The highest BCUT2D eigenvalue weighted by Gasteiger charge is 2.37. The molecule has 4 unspecified atom stereocenters. The van der Waals surface area contributed by atoms with Crippen molar-refractivity contribution in [3.05, 3.63) is 83.4 Å². The molecule has 0 aromatic heterocycles. The van der Waals surface area contributed by atoms with Crippen molar-refractivity contribution in [3.8, 4) is 0 Å². The molecule has 2 aliphatic carbocycles. The van der Waals surface area contributed by atoms with Gasteiger partial charge in [0.05, 0.1) is 12.8 Å². The predicted octanol–water partition coefficient (Wildman–Crippen LogP) is 5.66. The second-order valence-corrected chi connectivity index (χ2v) is 10.1. The zero-order valence-electron chi connectivity index (χ0n) is 22.2. The van der Waals surface area contributed by atoms with Gasteiger partial charge in [0.25, 0.3) is 5.91 Å². The van der Waals surface area contributed by atoms with Crippen LogP contribution in [0.4, 0.5) is 0 Å². The number of piperidine rings is 1. The molecule has 4 atom stereocenters. The number of aliphatic imine (C=N–C) groups is 1. The molecule has 0 N–H and O–H groups in total. The van der Waals surface area contributed by atoms with E-state index in [9.17, 15) is 9.59 Å². The van der Waals surface area contributed by atoms with Crippen LogP contribution in [0.1, 0.15) is 40.0 Å². The Hall–Kier alpha value is -3.45. The highest BCUT2D eigenvalue weighted by Crippen LogP contribution is 2.34. The van der Waals surface area contributed by atoms with Crippen molar-refractivity contribution in [2.75, 3.05) is 13.2 Å². The number of hydrazone groups is 1. The fraction of sp³-hybridized carbons (Fsp3) is 0.400. The second kappa shape index (κ2) is 12.4. The van der Waals surface area contributed by atoms with Crippen LogP contribution in [0.5, 0.6) is 0 Å². The number of hydrogen-bond donors (Lipinski definition) is 0. The number of halogens is 1. The summed E-state index contributed by atoms with van der Waals surface area (Å²) < 4.78 is 4.93. The first-order chi connectivity index (χ1) is 18.3.